The number of rotatable bonds is 1. The van der Waals surface area contributed by atoms with Gasteiger partial charge in [0, 0.05) is 23.7 Å². The fourth-order valence-electron chi connectivity index (χ4n) is 8.75. The van der Waals surface area contributed by atoms with Crippen LogP contribution in [0.4, 0.5) is 0 Å². The summed E-state index contributed by atoms with van der Waals surface area (Å²) in [6.07, 6.45) is 13.8. The second kappa shape index (κ2) is 4.87. The van der Waals surface area contributed by atoms with E-state index in [9.17, 15) is 9.59 Å². The smallest absolute Gasteiger partial charge is 0.140 e. The maximum Gasteiger partial charge on any atom is 0.140 e. The third kappa shape index (κ3) is 1.73. The molecule has 0 heterocycles. The second-order valence-corrected chi connectivity index (χ2v) is 10.5. The van der Waals surface area contributed by atoms with Crippen LogP contribution in [0, 0.1) is 45.8 Å². The maximum atomic E-state index is 12.5. The molecule has 0 saturated heterocycles. The van der Waals surface area contributed by atoms with Crippen molar-refractivity contribution in [2.45, 2.75) is 72.1 Å². The van der Waals surface area contributed by atoms with Crippen molar-refractivity contribution in [3.8, 4) is 0 Å². The first-order valence-electron chi connectivity index (χ1n) is 10.6. The molecule has 0 bridgehead atoms. The lowest BCUT2D eigenvalue weighted by atomic mass is 9.35. The van der Waals surface area contributed by atoms with Crippen LogP contribution >= 0.6 is 0 Å². The SMILES string of the molecule is CC(=O)[C@H]1CC[C@H]2[C@@H]3CC[C@@]45C=C[C@@H]4C(=O)CC[C@]5(C)[C@H]3CC[C@]12C. The van der Waals surface area contributed by atoms with Crippen LogP contribution in [0.25, 0.3) is 0 Å². The van der Waals surface area contributed by atoms with E-state index in [0.29, 0.717) is 22.9 Å². The summed E-state index contributed by atoms with van der Waals surface area (Å²) in [5.74, 6) is 3.70. The molecule has 5 aliphatic carbocycles. The van der Waals surface area contributed by atoms with Gasteiger partial charge in [0.05, 0.1) is 0 Å². The van der Waals surface area contributed by atoms with Crippen molar-refractivity contribution < 1.29 is 9.59 Å². The zero-order chi connectivity index (χ0) is 17.6. The quantitative estimate of drug-likeness (QED) is 0.632. The monoisotopic (exact) mass is 340 g/mol. The normalized spacial score (nSPS) is 56.3. The zero-order valence-electron chi connectivity index (χ0n) is 16.0. The van der Waals surface area contributed by atoms with Gasteiger partial charge in [0.15, 0.2) is 0 Å². The van der Waals surface area contributed by atoms with E-state index >= 15 is 0 Å². The second-order valence-electron chi connectivity index (χ2n) is 10.5. The van der Waals surface area contributed by atoms with E-state index in [0.717, 1.165) is 37.0 Å². The molecule has 5 rings (SSSR count). The number of carbonyl (C=O) groups excluding carboxylic acids is 2. The lowest BCUT2D eigenvalue weighted by Crippen LogP contribution is -2.63. The van der Waals surface area contributed by atoms with Crippen LogP contribution in [0.3, 0.4) is 0 Å². The van der Waals surface area contributed by atoms with Gasteiger partial charge in [0.1, 0.15) is 11.6 Å². The van der Waals surface area contributed by atoms with Gasteiger partial charge in [-0.1, -0.05) is 26.0 Å². The Hall–Kier alpha value is -0.920. The Morgan fingerprint density at radius 1 is 1.04 bits per heavy atom. The minimum Gasteiger partial charge on any atom is -0.300 e. The summed E-state index contributed by atoms with van der Waals surface area (Å²) in [5.41, 5.74) is 0.724. The van der Waals surface area contributed by atoms with Crippen LogP contribution in [0.15, 0.2) is 12.2 Å². The number of hydrogen-bond acceptors (Lipinski definition) is 2. The number of allylic oxidation sites excluding steroid dienone is 2. The molecule has 4 saturated carbocycles. The number of hydrogen-bond donors (Lipinski definition) is 0. The first kappa shape index (κ1) is 16.3. The Labute approximate surface area is 151 Å². The average Bonchev–Trinajstić information content (AvgIpc) is 2.89. The molecule has 0 aromatic rings. The van der Waals surface area contributed by atoms with E-state index in [1.807, 2.05) is 6.92 Å². The third-order valence-corrected chi connectivity index (χ3v) is 10.1. The van der Waals surface area contributed by atoms with E-state index in [-0.39, 0.29) is 16.7 Å². The van der Waals surface area contributed by atoms with Crippen LogP contribution in [0.2, 0.25) is 0 Å². The fraction of sp³-hybridized carbons (Fsp3) is 0.826. The van der Waals surface area contributed by atoms with Crippen molar-refractivity contribution in [3.05, 3.63) is 12.2 Å². The number of ketones is 2. The van der Waals surface area contributed by atoms with E-state index in [1.54, 1.807) is 0 Å². The molecule has 2 nitrogen and oxygen atoms in total. The molecule has 0 aliphatic heterocycles. The Bertz CT molecular complexity index is 678. The molecule has 0 unspecified atom stereocenters. The summed E-state index contributed by atoms with van der Waals surface area (Å²) >= 11 is 0. The van der Waals surface area contributed by atoms with Gasteiger partial charge in [-0.15, -0.1) is 0 Å². The number of carbonyl (C=O) groups is 2. The van der Waals surface area contributed by atoms with Gasteiger partial charge in [-0.3, -0.25) is 9.59 Å². The van der Waals surface area contributed by atoms with Crippen molar-refractivity contribution in [1.29, 1.82) is 0 Å². The highest BCUT2D eigenvalue weighted by Gasteiger charge is 2.68. The zero-order valence-corrected chi connectivity index (χ0v) is 16.0. The van der Waals surface area contributed by atoms with E-state index in [2.05, 4.69) is 26.0 Å². The van der Waals surface area contributed by atoms with Crippen molar-refractivity contribution >= 4 is 11.6 Å². The molecule has 0 amide bonds. The average molecular weight is 341 g/mol. The molecule has 4 fully saturated rings. The van der Waals surface area contributed by atoms with Crippen molar-refractivity contribution in [2.75, 3.05) is 0 Å². The molecule has 0 aromatic heterocycles. The van der Waals surface area contributed by atoms with Gasteiger partial charge < -0.3 is 0 Å². The molecule has 0 N–H and O–H groups in total. The van der Waals surface area contributed by atoms with Gasteiger partial charge >= 0.3 is 0 Å². The Balaban J connectivity index is 1.51. The molecule has 2 heteroatoms. The van der Waals surface area contributed by atoms with Crippen molar-refractivity contribution in [3.63, 3.8) is 0 Å². The van der Waals surface area contributed by atoms with Crippen LogP contribution in [-0.2, 0) is 9.59 Å². The molecule has 5 aliphatic rings. The maximum absolute atomic E-state index is 12.5. The molecule has 8 atom stereocenters. The summed E-state index contributed by atoms with van der Waals surface area (Å²) in [6, 6.07) is 0. The Morgan fingerprint density at radius 3 is 2.52 bits per heavy atom. The van der Waals surface area contributed by atoms with Gasteiger partial charge in [0.2, 0.25) is 0 Å². The minimum atomic E-state index is 0.176. The highest BCUT2D eigenvalue weighted by molar-refractivity contribution is 5.87. The molecule has 1 spiro atoms. The van der Waals surface area contributed by atoms with Crippen LogP contribution in [0.5, 0.6) is 0 Å². The largest absolute Gasteiger partial charge is 0.300 e. The first-order valence-corrected chi connectivity index (χ1v) is 10.6. The van der Waals surface area contributed by atoms with Crippen LogP contribution < -0.4 is 0 Å². The molecule has 25 heavy (non-hydrogen) atoms. The van der Waals surface area contributed by atoms with Crippen LogP contribution in [0.1, 0.15) is 72.1 Å². The van der Waals surface area contributed by atoms with E-state index in [4.69, 9.17) is 0 Å². The van der Waals surface area contributed by atoms with E-state index in [1.165, 1.54) is 32.1 Å². The topological polar surface area (TPSA) is 34.1 Å². The molecule has 0 aromatic carbocycles. The van der Waals surface area contributed by atoms with Gasteiger partial charge in [-0.05, 0) is 80.5 Å². The highest BCUT2D eigenvalue weighted by Crippen LogP contribution is 2.73. The Morgan fingerprint density at radius 2 is 1.84 bits per heavy atom. The standard InChI is InChI=1S/C23H32O2/c1-14(24)16-4-5-17-15-6-12-23-13-8-19(23)20(25)9-11-22(23,3)18(15)7-10-21(16,17)2/h8,13,15-19H,4-7,9-12H2,1-3H3/t15-,16+,17-,18-,19+,21+,22+,23+/m0/s1. The van der Waals surface area contributed by atoms with Gasteiger partial charge in [0.25, 0.3) is 0 Å². The predicted octanol–water partition coefficient (Wildman–Crippen LogP) is 4.97. The highest BCUT2D eigenvalue weighted by atomic mass is 16.1. The molecule has 136 valence electrons. The molecular formula is C23H32O2. The van der Waals surface area contributed by atoms with Crippen LogP contribution in [-0.4, -0.2) is 11.6 Å². The van der Waals surface area contributed by atoms with Crippen molar-refractivity contribution in [2.24, 2.45) is 45.8 Å². The molecular weight excluding hydrogens is 308 g/mol. The number of fused-ring (bicyclic) bond motifs is 4. The fourth-order valence-corrected chi connectivity index (χ4v) is 8.75. The lowest BCUT2D eigenvalue weighted by Gasteiger charge is -2.68. The summed E-state index contributed by atoms with van der Waals surface area (Å²) < 4.78 is 0. The van der Waals surface area contributed by atoms with E-state index < -0.39 is 0 Å². The third-order valence-electron chi connectivity index (χ3n) is 10.1. The van der Waals surface area contributed by atoms with Gasteiger partial charge in [-0.2, -0.15) is 0 Å². The predicted molar refractivity (Wildman–Crippen MR) is 97.9 cm³/mol. The summed E-state index contributed by atoms with van der Waals surface area (Å²) in [6.45, 7) is 6.76. The first-order chi connectivity index (χ1) is 11.8. The number of Topliss-reactive ketones (excluding diaryl/α,β-unsaturated/α-hetero) is 2. The van der Waals surface area contributed by atoms with Gasteiger partial charge in [-0.25, -0.2) is 0 Å². The van der Waals surface area contributed by atoms with Crippen molar-refractivity contribution in [1.82, 2.24) is 0 Å². The Kier molecular flexibility index (Phi) is 3.17. The lowest BCUT2D eigenvalue weighted by molar-refractivity contribution is -0.173. The summed E-state index contributed by atoms with van der Waals surface area (Å²) in [4.78, 5) is 24.7. The molecule has 0 radical (unpaired) electrons. The summed E-state index contributed by atoms with van der Waals surface area (Å²) in [7, 11) is 0. The minimum absolute atomic E-state index is 0.176. The summed E-state index contributed by atoms with van der Waals surface area (Å²) in [5, 5.41) is 0.